The van der Waals surface area contributed by atoms with Crippen molar-refractivity contribution in [1.29, 1.82) is 0 Å². The molecular formula is C12H8BrFO. The van der Waals surface area contributed by atoms with E-state index in [9.17, 15) is 4.39 Å². The van der Waals surface area contributed by atoms with Gasteiger partial charge in [-0.3, -0.25) is 0 Å². The SMILES string of the molecule is Fc1cccc(Oc2ccccc2Br)c1. The standard InChI is InChI=1S/C12H8BrFO/c13-11-6-1-2-7-12(11)15-10-5-3-4-9(14)8-10/h1-8H. The number of para-hydroxylation sites is 1. The van der Waals surface area contributed by atoms with Gasteiger partial charge in [0.05, 0.1) is 4.47 Å². The van der Waals surface area contributed by atoms with Gasteiger partial charge in [-0.05, 0) is 40.2 Å². The van der Waals surface area contributed by atoms with Crippen LogP contribution < -0.4 is 4.74 Å². The summed E-state index contributed by atoms with van der Waals surface area (Å²) in [6.07, 6.45) is 0. The predicted molar refractivity (Wildman–Crippen MR) is 60.6 cm³/mol. The van der Waals surface area contributed by atoms with E-state index in [2.05, 4.69) is 15.9 Å². The highest BCUT2D eigenvalue weighted by atomic mass is 79.9. The van der Waals surface area contributed by atoms with Crippen LogP contribution in [0.2, 0.25) is 0 Å². The molecule has 0 aliphatic carbocycles. The van der Waals surface area contributed by atoms with E-state index in [1.807, 2.05) is 24.3 Å². The van der Waals surface area contributed by atoms with Gasteiger partial charge in [0.15, 0.2) is 0 Å². The number of hydrogen-bond acceptors (Lipinski definition) is 1. The lowest BCUT2D eigenvalue weighted by Crippen LogP contribution is -1.85. The Balaban J connectivity index is 2.26. The van der Waals surface area contributed by atoms with Gasteiger partial charge in [0, 0.05) is 6.07 Å². The number of halogens is 2. The van der Waals surface area contributed by atoms with Crippen LogP contribution in [0.1, 0.15) is 0 Å². The van der Waals surface area contributed by atoms with Crippen LogP contribution in [0.5, 0.6) is 11.5 Å². The summed E-state index contributed by atoms with van der Waals surface area (Å²) in [6, 6.07) is 13.5. The zero-order valence-electron chi connectivity index (χ0n) is 7.78. The Kier molecular flexibility index (Phi) is 3.02. The Morgan fingerprint density at radius 1 is 1.00 bits per heavy atom. The fraction of sp³-hybridized carbons (Fsp3) is 0. The quantitative estimate of drug-likeness (QED) is 0.784. The number of ether oxygens (including phenoxy) is 1. The summed E-state index contributed by atoms with van der Waals surface area (Å²) in [7, 11) is 0. The van der Waals surface area contributed by atoms with Gasteiger partial charge in [0.25, 0.3) is 0 Å². The summed E-state index contributed by atoms with van der Waals surface area (Å²) < 4.78 is 19.2. The first-order chi connectivity index (χ1) is 7.25. The van der Waals surface area contributed by atoms with Crippen molar-refractivity contribution < 1.29 is 9.13 Å². The third kappa shape index (κ3) is 2.57. The molecule has 0 atom stereocenters. The van der Waals surface area contributed by atoms with Crippen molar-refractivity contribution in [3.8, 4) is 11.5 Å². The highest BCUT2D eigenvalue weighted by Gasteiger charge is 2.01. The molecule has 76 valence electrons. The van der Waals surface area contributed by atoms with Crippen molar-refractivity contribution in [2.45, 2.75) is 0 Å². The van der Waals surface area contributed by atoms with E-state index in [0.717, 1.165) is 4.47 Å². The average Bonchev–Trinajstić information content (AvgIpc) is 2.22. The zero-order valence-corrected chi connectivity index (χ0v) is 9.37. The first-order valence-electron chi connectivity index (χ1n) is 4.43. The molecule has 0 aromatic heterocycles. The third-order valence-electron chi connectivity index (χ3n) is 1.86. The lowest BCUT2D eigenvalue weighted by molar-refractivity contribution is 0.474. The minimum absolute atomic E-state index is 0.306. The van der Waals surface area contributed by atoms with E-state index >= 15 is 0 Å². The minimum Gasteiger partial charge on any atom is -0.456 e. The van der Waals surface area contributed by atoms with Crippen molar-refractivity contribution >= 4 is 15.9 Å². The molecule has 0 aliphatic rings. The molecule has 0 heterocycles. The van der Waals surface area contributed by atoms with Gasteiger partial charge in [-0.15, -0.1) is 0 Å². The zero-order chi connectivity index (χ0) is 10.7. The van der Waals surface area contributed by atoms with E-state index < -0.39 is 0 Å². The number of hydrogen-bond donors (Lipinski definition) is 0. The van der Waals surface area contributed by atoms with E-state index in [0.29, 0.717) is 11.5 Å². The smallest absolute Gasteiger partial charge is 0.141 e. The molecule has 0 bridgehead atoms. The molecular weight excluding hydrogens is 259 g/mol. The number of benzene rings is 2. The lowest BCUT2D eigenvalue weighted by Gasteiger charge is -2.06. The van der Waals surface area contributed by atoms with Gasteiger partial charge in [-0.2, -0.15) is 0 Å². The van der Waals surface area contributed by atoms with Crippen molar-refractivity contribution in [3.63, 3.8) is 0 Å². The summed E-state index contributed by atoms with van der Waals surface area (Å²) >= 11 is 3.35. The van der Waals surface area contributed by atoms with E-state index in [1.165, 1.54) is 12.1 Å². The van der Waals surface area contributed by atoms with Crippen LogP contribution in [-0.2, 0) is 0 Å². The van der Waals surface area contributed by atoms with Crippen molar-refractivity contribution in [2.24, 2.45) is 0 Å². The second-order valence-corrected chi connectivity index (χ2v) is 3.84. The van der Waals surface area contributed by atoms with Crippen LogP contribution in [0.25, 0.3) is 0 Å². The highest BCUT2D eigenvalue weighted by molar-refractivity contribution is 9.10. The molecule has 0 amide bonds. The summed E-state index contributed by atoms with van der Waals surface area (Å²) in [5, 5.41) is 0. The molecule has 0 N–H and O–H groups in total. The molecule has 0 fully saturated rings. The fourth-order valence-corrected chi connectivity index (χ4v) is 1.55. The summed E-state index contributed by atoms with van der Waals surface area (Å²) in [4.78, 5) is 0. The fourth-order valence-electron chi connectivity index (χ4n) is 1.18. The van der Waals surface area contributed by atoms with Gasteiger partial charge in [-0.25, -0.2) is 4.39 Å². The van der Waals surface area contributed by atoms with E-state index in [-0.39, 0.29) is 5.82 Å². The van der Waals surface area contributed by atoms with E-state index in [1.54, 1.807) is 12.1 Å². The second kappa shape index (κ2) is 4.45. The Morgan fingerprint density at radius 3 is 2.53 bits per heavy atom. The monoisotopic (exact) mass is 266 g/mol. The molecule has 3 heteroatoms. The normalized spacial score (nSPS) is 10.0. The maximum absolute atomic E-state index is 12.9. The molecule has 2 aromatic carbocycles. The predicted octanol–water partition coefficient (Wildman–Crippen LogP) is 4.38. The summed E-state index contributed by atoms with van der Waals surface area (Å²) in [5.41, 5.74) is 0. The molecule has 2 aromatic rings. The van der Waals surface area contributed by atoms with Crippen LogP contribution in [0, 0.1) is 5.82 Å². The maximum Gasteiger partial charge on any atom is 0.141 e. The first-order valence-corrected chi connectivity index (χ1v) is 5.23. The van der Waals surface area contributed by atoms with Gasteiger partial charge < -0.3 is 4.74 Å². The van der Waals surface area contributed by atoms with Crippen LogP contribution >= 0.6 is 15.9 Å². The minimum atomic E-state index is -0.306. The van der Waals surface area contributed by atoms with Gasteiger partial charge in [-0.1, -0.05) is 18.2 Å². The molecule has 1 nitrogen and oxygen atoms in total. The molecule has 0 radical (unpaired) electrons. The van der Waals surface area contributed by atoms with Crippen molar-refractivity contribution in [2.75, 3.05) is 0 Å². The van der Waals surface area contributed by atoms with Crippen LogP contribution in [-0.4, -0.2) is 0 Å². The lowest BCUT2D eigenvalue weighted by atomic mass is 10.3. The highest BCUT2D eigenvalue weighted by Crippen LogP contribution is 2.29. The third-order valence-corrected chi connectivity index (χ3v) is 2.52. The molecule has 0 unspecified atom stereocenters. The molecule has 0 spiro atoms. The largest absolute Gasteiger partial charge is 0.456 e. The molecule has 2 rings (SSSR count). The molecule has 0 saturated heterocycles. The van der Waals surface area contributed by atoms with Crippen molar-refractivity contribution in [1.82, 2.24) is 0 Å². The Morgan fingerprint density at radius 2 is 1.80 bits per heavy atom. The number of rotatable bonds is 2. The summed E-state index contributed by atoms with van der Waals surface area (Å²) in [6.45, 7) is 0. The van der Waals surface area contributed by atoms with Crippen LogP contribution in [0.3, 0.4) is 0 Å². The molecule has 0 saturated carbocycles. The molecule has 0 aliphatic heterocycles. The maximum atomic E-state index is 12.9. The molecule has 15 heavy (non-hydrogen) atoms. The van der Waals surface area contributed by atoms with E-state index in [4.69, 9.17) is 4.74 Å². The van der Waals surface area contributed by atoms with Gasteiger partial charge >= 0.3 is 0 Å². The Bertz CT molecular complexity index is 471. The summed E-state index contributed by atoms with van der Waals surface area (Å²) in [5.74, 6) is 0.851. The Hall–Kier alpha value is -1.35. The van der Waals surface area contributed by atoms with Crippen LogP contribution in [0.4, 0.5) is 4.39 Å². The van der Waals surface area contributed by atoms with Gasteiger partial charge in [0.1, 0.15) is 17.3 Å². The average molecular weight is 267 g/mol. The topological polar surface area (TPSA) is 9.23 Å². The Labute approximate surface area is 95.6 Å². The van der Waals surface area contributed by atoms with Crippen molar-refractivity contribution in [3.05, 3.63) is 58.8 Å². The van der Waals surface area contributed by atoms with Crippen LogP contribution in [0.15, 0.2) is 53.0 Å². The van der Waals surface area contributed by atoms with Gasteiger partial charge in [0.2, 0.25) is 0 Å². The first kappa shape index (κ1) is 10.2. The second-order valence-electron chi connectivity index (χ2n) is 2.99.